The van der Waals surface area contributed by atoms with Crippen LogP contribution in [0.2, 0.25) is 0 Å². The van der Waals surface area contributed by atoms with E-state index in [9.17, 15) is 4.79 Å². The highest BCUT2D eigenvalue weighted by atomic mass is 32.2. The van der Waals surface area contributed by atoms with E-state index in [0.717, 1.165) is 22.0 Å². The molecular weight excluding hydrogens is 426 g/mol. The van der Waals surface area contributed by atoms with Crippen molar-refractivity contribution >= 4 is 23.3 Å². The molecule has 0 saturated carbocycles. The maximum absolute atomic E-state index is 12.0. The number of ether oxygens (including phenoxy) is 2. The Morgan fingerprint density at radius 2 is 1.84 bits per heavy atom. The number of carbonyl (C=O) groups is 1. The number of benzene rings is 2. The second kappa shape index (κ2) is 10.6. The number of hydrogen-bond donors (Lipinski definition) is 1. The lowest BCUT2D eigenvalue weighted by Gasteiger charge is -2.08. The smallest absolute Gasteiger partial charge is 0.231 e. The maximum Gasteiger partial charge on any atom is 0.231 e. The van der Waals surface area contributed by atoms with Crippen molar-refractivity contribution in [2.45, 2.75) is 11.3 Å². The fourth-order valence-corrected chi connectivity index (χ4v) is 3.85. The van der Waals surface area contributed by atoms with E-state index in [1.165, 1.54) is 0 Å². The Morgan fingerprint density at radius 3 is 2.62 bits per heavy atom. The Balaban J connectivity index is 1.26. The van der Waals surface area contributed by atoms with Crippen LogP contribution >= 0.6 is 11.8 Å². The van der Waals surface area contributed by atoms with Gasteiger partial charge in [-0.2, -0.15) is 4.52 Å². The van der Waals surface area contributed by atoms with Gasteiger partial charge in [0.05, 0.1) is 13.7 Å². The molecule has 2 aromatic carbocycles. The predicted octanol–water partition coefficient (Wildman–Crippen LogP) is 3.48. The Labute approximate surface area is 190 Å². The predicted molar refractivity (Wildman–Crippen MR) is 123 cm³/mol. The van der Waals surface area contributed by atoms with E-state index in [1.54, 1.807) is 35.5 Å². The molecule has 0 fully saturated rings. The molecule has 0 bridgehead atoms. The summed E-state index contributed by atoms with van der Waals surface area (Å²) in [6.07, 6.45) is 0.454. The van der Waals surface area contributed by atoms with Gasteiger partial charge < -0.3 is 14.8 Å². The summed E-state index contributed by atoms with van der Waals surface area (Å²) in [6, 6.07) is 21.1. The quantitative estimate of drug-likeness (QED) is 0.293. The van der Waals surface area contributed by atoms with Crippen molar-refractivity contribution in [1.82, 2.24) is 25.1 Å². The van der Waals surface area contributed by atoms with E-state index < -0.39 is 0 Å². The number of hydrogen-bond acceptors (Lipinski definition) is 7. The van der Waals surface area contributed by atoms with Crippen LogP contribution in [-0.4, -0.2) is 51.7 Å². The van der Waals surface area contributed by atoms with Crippen LogP contribution in [0, 0.1) is 0 Å². The van der Waals surface area contributed by atoms with E-state index in [0.29, 0.717) is 36.9 Å². The summed E-state index contributed by atoms with van der Waals surface area (Å²) >= 11 is 1.66. The van der Waals surface area contributed by atoms with Gasteiger partial charge in [-0.25, -0.2) is 0 Å². The summed E-state index contributed by atoms with van der Waals surface area (Å²) < 4.78 is 12.5. The molecule has 4 rings (SSSR count). The number of thioether (sulfide) groups is 1. The van der Waals surface area contributed by atoms with Crippen LogP contribution in [0.1, 0.15) is 6.42 Å². The first-order chi connectivity index (χ1) is 15.7. The molecule has 2 heterocycles. The molecule has 0 aliphatic rings. The Kier molecular flexibility index (Phi) is 7.19. The van der Waals surface area contributed by atoms with Crippen LogP contribution in [0.4, 0.5) is 0 Å². The fraction of sp³-hybridized carbons (Fsp3) is 0.217. The molecule has 32 heavy (non-hydrogen) atoms. The first-order valence-corrected chi connectivity index (χ1v) is 11.2. The van der Waals surface area contributed by atoms with Gasteiger partial charge >= 0.3 is 0 Å². The molecule has 9 heteroatoms. The number of nitrogens with one attached hydrogen (secondary N) is 1. The molecule has 0 saturated heterocycles. The van der Waals surface area contributed by atoms with Crippen LogP contribution in [0.5, 0.6) is 11.6 Å². The molecule has 0 radical (unpaired) electrons. The molecule has 0 aliphatic carbocycles. The topological polar surface area (TPSA) is 90.6 Å². The number of aromatic nitrogens is 4. The normalized spacial score (nSPS) is 10.8. The van der Waals surface area contributed by atoms with Gasteiger partial charge in [-0.15, -0.1) is 27.1 Å². The minimum Gasteiger partial charge on any atom is -0.497 e. The van der Waals surface area contributed by atoms with E-state index in [1.807, 2.05) is 54.6 Å². The van der Waals surface area contributed by atoms with Gasteiger partial charge in [0.15, 0.2) is 11.5 Å². The maximum atomic E-state index is 12.0. The van der Waals surface area contributed by atoms with Gasteiger partial charge in [-0.05, 0) is 42.5 Å². The third-order valence-corrected chi connectivity index (χ3v) is 5.62. The molecule has 1 N–H and O–H groups in total. The van der Waals surface area contributed by atoms with Crippen LogP contribution in [0.25, 0.3) is 17.0 Å². The van der Waals surface area contributed by atoms with Crippen molar-refractivity contribution in [3.8, 4) is 23.0 Å². The van der Waals surface area contributed by atoms with Crippen LogP contribution < -0.4 is 14.8 Å². The Morgan fingerprint density at radius 1 is 1.03 bits per heavy atom. The highest BCUT2D eigenvalue weighted by Crippen LogP contribution is 2.22. The third-order valence-electron chi connectivity index (χ3n) is 4.60. The third kappa shape index (κ3) is 5.55. The molecule has 0 atom stereocenters. The zero-order chi connectivity index (χ0) is 22.2. The number of carbonyl (C=O) groups excluding carboxylic acids is 1. The van der Waals surface area contributed by atoms with E-state index in [4.69, 9.17) is 9.47 Å². The lowest BCUT2D eigenvalue weighted by molar-refractivity contribution is -0.120. The number of rotatable bonds is 10. The summed E-state index contributed by atoms with van der Waals surface area (Å²) in [5.74, 6) is 2.54. The molecule has 164 valence electrons. The molecule has 8 nitrogen and oxygen atoms in total. The highest BCUT2D eigenvalue weighted by Gasteiger charge is 2.11. The van der Waals surface area contributed by atoms with Crippen molar-refractivity contribution in [1.29, 1.82) is 0 Å². The lowest BCUT2D eigenvalue weighted by Crippen LogP contribution is -2.28. The zero-order valence-electron chi connectivity index (χ0n) is 17.6. The molecular formula is C23H23N5O3S. The van der Waals surface area contributed by atoms with Gasteiger partial charge in [-0.1, -0.05) is 18.2 Å². The monoisotopic (exact) mass is 449 g/mol. The van der Waals surface area contributed by atoms with E-state index >= 15 is 0 Å². The minimum absolute atomic E-state index is 0.000967. The second-order valence-electron chi connectivity index (χ2n) is 6.80. The lowest BCUT2D eigenvalue weighted by atomic mass is 10.2. The van der Waals surface area contributed by atoms with E-state index in [-0.39, 0.29) is 5.91 Å². The Hall–Kier alpha value is -3.59. The average molecular weight is 450 g/mol. The van der Waals surface area contributed by atoms with Crippen LogP contribution in [0.15, 0.2) is 71.6 Å². The standard InChI is InChI=1S/C23H23N5O3S/c1-30-18-9-7-17(8-10-18)23-26-25-20-11-12-22(27-28(20)23)31-15-14-24-21(29)13-16-32-19-5-3-2-4-6-19/h2-12H,13-16H2,1H3,(H,24,29). The van der Waals surface area contributed by atoms with Gasteiger partial charge in [0.25, 0.3) is 0 Å². The van der Waals surface area contributed by atoms with Crippen LogP contribution in [0.3, 0.4) is 0 Å². The summed E-state index contributed by atoms with van der Waals surface area (Å²) in [5, 5.41) is 15.7. The number of nitrogens with zero attached hydrogens (tertiary/aromatic N) is 4. The molecule has 1 amide bonds. The van der Waals surface area contributed by atoms with Gasteiger partial charge in [-0.3, -0.25) is 4.79 Å². The molecule has 0 aliphatic heterocycles. The molecule has 2 aromatic heterocycles. The first kappa shape index (κ1) is 21.6. The van der Waals surface area contributed by atoms with Gasteiger partial charge in [0, 0.05) is 28.7 Å². The largest absolute Gasteiger partial charge is 0.497 e. The number of methoxy groups -OCH3 is 1. The van der Waals surface area contributed by atoms with Crippen molar-refractivity contribution < 1.29 is 14.3 Å². The summed E-state index contributed by atoms with van der Waals surface area (Å²) in [4.78, 5) is 13.2. The number of amides is 1. The fourth-order valence-electron chi connectivity index (χ4n) is 2.98. The average Bonchev–Trinajstić information content (AvgIpc) is 3.26. The van der Waals surface area contributed by atoms with Crippen molar-refractivity contribution in [3.05, 3.63) is 66.7 Å². The van der Waals surface area contributed by atoms with Gasteiger partial charge in [0.2, 0.25) is 11.8 Å². The highest BCUT2D eigenvalue weighted by molar-refractivity contribution is 7.99. The SMILES string of the molecule is COc1ccc(-c2nnc3ccc(OCCNC(=O)CCSc4ccccc4)nn23)cc1. The molecule has 0 unspecified atom stereocenters. The Bertz CT molecular complexity index is 1170. The van der Waals surface area contributed by atoms with Crippen LogP contribution in [-0.2, 0) is 4.79 Å². The number of fused-ring (bicyclic) bond motifs is 1. The summed E-state index contributed by atoms with van der Waals surface area (Å²) in [6.45, 7) is 0.720. The van der Waals surface area contributed by atoms with Gasteiger partial charge in [0.1, 0.15) is 12.4 Å². The zero-order valence-corrected chi connectivity index (χ0v) is 18.4. The van der Waals surface area contributed by atoms with Crippen molar-refractivity contribution in [3.63, 3.8) is 0 Å². The summed E-state index contributed by atoms with van der Waals surface area (Å²) in [5.41, 5.74) is 1.48. The second-order valence-corrected chi connectivity index (χ2v) is 7.97. The molecule has 4 aromatic rings. The first-order valence-electron chi connectivity index (χ1n) is 10.2. The minimum atomic E-state index is 0.000967. The van der Waals surface area contributed by atoms with Crippen molar-refractivity contribution in [2.75, 3.05) is 26.0 Å². The van der Waals surface area contributed by atoms with E-state index in [2.05, 4.69) is 20.6 Å². The molecule has 0 spiro atoms. The summed E-state index contributed by atoms with van der Waals surface area (Å²) in [7, 11) is 1.62. The van der Waals surface area contributed by atoms with Crippen molar-refractivity contribution in [2.24, 2.45) is 0 Å².